The van der Waals surface area contributed by atoms with E-state index < -0.39 is 0 Å². The average molecular weight is 237 g/mol. The number of fused-ring (bicyclic) bond motifs is 1. The number of aliphatic hydroxyl groups is 1. The highest BCUT2D eigenvalue weighted by Gasteiger charge is 2.22. The molecule has 1 N–H and O–H groups in total. The van der Waals surface area contributed by atoms with Gasteiger partial charge in [0.2, 0.25) is 0 Å². The van der Waals surface area contributed by atoms with Gasteiger partial charge in [-0.15, -0.1) is 0 Å². The lowest BCUT2D eigenvalue weighted by molar-refractivity contribution is 0.0156. The molecular formula is C12H19N3O2. The molecule has 5 heteroatoms. The molecule has 5 nitrogen and oxygen atoms in total. The van der Waals surface area contributed by atoms with Crippen LogP contribution in [0.3, 0.4) is 0 Å². The largest absolute Gasteiger partial charge is 0.393 e. The number of aliphatic hydroxyl groups excluding tert-OH is 1. The minimum Gasteiger partial charge on any atom is -0.393 e. The Labute approximate surface area is 101 Å². The minimum atomic E-state index is -0.245. The summed E-state index contributed by atoms with van der Waals surface area (Å²) in [4.78, 5) is 4.51. The fourth-order valence-corrected chi connectivity index (χ4v) is 2.60. The van der Waals surface area contributed by atoms with Gasteiger partial charge in [0.15, 0.2) is 5.82 Å². The van der Waals surface area contributed by atoms with Crippen molar-refractivity contribution in [3.8, 4) is 0 Å². The van der Waals surface area contributed by atoms with Crippen molar-refractivity contribution in [3.05, 3.63) is 11.6 Å². The van der Waals surface area contributed by atoms with Gasteiger partial charge in [-0.3, -0.25) is 0 Å². The van der Waals surface area contributed by atoms with Crippen LogP contribution in [0.5, 0.6) is 0 Å². The van der Waals surface area contributed by atoms with E-state index in [1.54, 1.807) is 0 Å². The second-order valence-corrected chi connectivity index (χ2v) is 5.01. The van der Waals surface area contributed by atoms with Gasteiger partial charge in [0, 0.05) is 26.0 Å². The maximum atomic E-state index is 9.58. The second-order valence-electron chi connectivity index (χ2n) is 5.01. The van der Waals surface area contributed by atoms with Crippen LogP contribution in [-0.2, 0) is 24.1 Å². The molecule has 2 aliphatic rings. The van der Waals surface area contributed by atoms with Gasteiger partial charge in [-0.05, 0) is 25.7 Å². The van der Waals surface area contributed by atoms with Crippen LogP contribution < -0.4 is 0 Å². The third-order valence-corrected chi connectivity index (χ3v) is 3.57. The summed E-state index contributed by atoms with van der Waals surface area (Å²) >= 11 is 0. The molecule has 17 heavy (non-hydrogen) atoms. The van der Waals surface area contributed by atoms with Crippen LogP contribution in [0.15, 0.2) is 0 Å². The van der Waals surface area contributed by atoms with Gasteiger partial charge in [0.1, 0.15) is 5.82 Å². The zero-order chi connectivity index (χ0) is 11.7. The van der Waals surface area contributed by atoms with Crippen LogP contribution in [0.1, 0.15) is 37.3 Å². The highest BCUT2D eigenvalue weighted by molar-refractivity contribution is 4.99. The Morgan fingerprint density at radius 3 is 3.12 bits per heavy atom. The third kappa shape index (κ3) is 2.50. The molecule has 3 heterocycles. The summed E-state index contributed by atoms with van der Waals surface area (Å²) in [6.07, 6.45) is 5.83. The fourth-order valence-electron chi connectivity index (χ4n) is 2.60. The summed E-state index contributed by atoms with van der Waals surface area (Å²) in [6, 6.07) is 0. The first kappa shape index (κ1) is 11.2. The van der Waals surface area contributed by atoms with Crippen LogP contribution in [0.25, 0.3) is 0 Å². The van der Waals surface area contributed by atoms with Gasteiger partial charge in [0.25, 0.3) is 0 Å². The summed E-state index contributed by atoms with van der Waals surface area (Å²) in [5.74, 6) is 1.80. The molecule has 0 aromatic carbocycles. The summed E-state index contributed by atoms with van der Waals surface area (Å²) in [7, 11) is 0. The van der Waals surface area contributed by atoms with Gasteiger partial charge in [-0.2, -0.15) is 5.10 Å². The lowest BCUT2D eigenvalue weighted by atomic mass is 10.1. The van der Waals surface area contributed by atoms with Crippen molar-refractivity contribution in [2.75, 3.05) is 6.61 Å². The Morgan fingerprint density at radius 2 is 2.29 bits per heavy atom. The Balaban J connectivity index is 1.67. The smallest absolute Gasteiger partial charge is 0.153 e. The number of aryl methyl sites for hydroxylation is 1. The predicted molar refractivity (Wildman–Crippen MR) is 61.6 cm³/mol. The first-order valence-corrected chi connectivity index (χ1v) is 6.53. The van der Waals surface area contributed by atoms with Crippen molar-refractivity contribution in [1.29, 1.82) is 0 Å². The van der Waals surface area contributed by atoms with Crippen molar-refractivity contribution >= 4 is 0 Å². The lowest BCUT2D eigenvalue weighted by Gasteiger charge is -2.21. The van der Waals surface area contributed by atoms with Crippen molar-refractivity contribution in [3.63, 3.8) is 0 Å². The zero-order valence-corrected chi connectivity index (χ0v) is 10.0. The van der Waals surface area contributed by atoms with Crippen LogP contribution in [0, 0.1) is 0 Å². The average Bonchev–Trinajstić information content (AvgIpc) is 2.71. The van der Waals surface area contributed by atoms with E-state index in [4.69, 9.17) is 4.74 Å². The first-order valence-electron chi connectivity index (χ1n) is 6.53. The summed E-state index contributed by atoms with van der Waals surface area (Å²) in [6.45, 7) is 1.66. The van der Waals surface area contributed by atoms with Gasteiger partial charge < -0.3 is 9.84 Å². The molecule has 1 saturated heterocycles. The number of hydrogen-bond donors (Lipinski definition) is 1. The topological polar surface area (TPSA) is 60.2 Å². The van der Waals surface area contributed by atoms with Crippen LogP contribution in [0.2, 0.25) is 0 Å². The fraction of sp³-hybridized carbons (Fsp3) is 0.833. The quantitative estimate of drug-likeness (QED) is 0.822. The van der Waals surface area contributed by atoms with Gasteiger partial charge in [0.05, 0.1) is 12.2 Å². The van der Waals surface area contributed by atoms with E-state index in [1.807, 2.05) is 4.68 Å². The third-order valence-electron chi connectivity index (χ3n) is 3.57. The van der Waals surface area contributed by atoms with E-state index in [0.717, 1.165) is 44.1 Å². The van der Waals surface area contributed by atoms with Crippen molar-refractivity contribution in [2.24, 2.45) is 0 Å². The van der Waals surface area contributed by atoms with Crippen LogP contribution in [-0.4, -0.2) is 38.7 Å². The van der Waals surface area contributed by atoms with Crippen LogP contribution in [0.4, 0.5) is 0 Å². The van der Waals surface area contributed by atoms with Gasteiger partial charge in [-0.1, -0.05) is 0 Å². The Bertz CT molecular complexity index is 385. The number of nitrogens with zero attached hydrogens (tertiary/aromatic N) is 3. The van der Waals surface area contributed by atoms with E-state index in [1.165, 1.54) is 12.8 Å². The Morgan fingerprint density at radius 1 is 1.35 bits per heavy atom. The molecule has 3 rings (SSSR count). The first-order chi connectivity index (χ1) is 8.31. The second kappa shape index (κ2) is 4.74. The Kier molecular flexibility index (Phi) is 3.11. The molecular weight excluding hydrogens is 218 g/mol. The molecule has 2 unspecified atom stereocenters. The SMILES string of the molecule is OC1CCn2nc(CC3CCCCO3)nc2C1. The van der Waals surface area contributed by atoms with Gasteiger partial charge in [-0.25, -0.2) is 9.67 Å². The number of rotatable bonds is 2. The van der Waals surface area contributed by atoms with Crippen molar-refractivity contribution in [1.82, 2.24) is 14.8 Å². The monoisotopic (exact) mass is 237 g/mol. The highest BCUT2D eigenvalue weighted by Crippen LogP contribution is 2.18. The normalized spacial score (nSPS) is 29.0. The predicted octanol–water partition coefficient (Wildman–Crippen LogP) is 0.697. The molecule has 1 fully saturated rings. The molecule has 0 spiro atoms. The van der Waals surface area contributed by atoms with E-state index >= 15 is 0 Å². The molecule has 1 aromatic rings. The molecule has 1 aromatic heterocycles. The van der Waals surface area contributed by atoms with Gasteiger partial charge >= 0.3 is 0 Å². The van der Waals surface area contributed by atoms with E-state index in [0.29, 0.717) is 6.42 Å². The number of ether oxygens (including phenoxy) is 1. The summed E-state index contributed by atoms with van der Waals surface area (Å²) in [5, 5.41) is 14.1. The molecule has 0 aliphatic carbocycles. The van der Waals surface area contributed by atoms with E-state index in [2.05, 4.69) is 10.1 Å². The molecule has 2 aliphatic heterocycles. The molecule has 0 radical (unpaired) electrons. The van der Waals surface area contributed by atoms with Crippen molar-refractivity contribution < 1.29 is 9.84 Å². The van der Waals surface area contributed by atoms with Crippen molar-refractivity contribution in [2.45, 2.75) is 57.3 Å². The van der Waals surface area contributed by atoms with E-state index in [9.17, 15) is 5.11 Å². The minimum absolute atomic E-state index is 0.245. The maximum Gasteiger partial charge on any atom is 0.153 e. The lowest BCUT2D eigenvalue weighted by Crippen LogP contribution is -2.23. The zero-order valence-electron chi connectivity index (χ0n) is 10.0. The molecule has 0 saturated carbocycles. The Hall–Kier alpha value is -0.940. The summed E-state index contributed by atoms with van der Waals surface area (Å²) in [5.41, 5.74) is 0. The molecule has 94 valence electrons. The molecule has 0 bridgehead atoms. The standard InChI is InChI=1S/C12H19N3O2/c16-9-4-5-15-12(7-9)13-11(14-15)8-10-3-1-2-6-17-10/h9-10,16H,1-8H2. The van der Waals surface area contributed by atoms with E-state index in [-0.39, 0.29) is 12.2 Å². The summed E-state index contributed by atoms with van der Waals surface area (Å²) < 4.78 is 7.63. The highest BCUT2D eigenvalue weighted by atomic mass is 16.5. The molecule has 2 atom stereocenters. The molecule has 0 amide bonds. The maximum absolute atomic E-state index is 9.58. The van der Waals surface area contributed by atoms with Crippen LogP contribution >= 0.6 is 0 Å². The number of hydrogen-bond acceptors (Lipinski definition) is 4. The number of aromatic nitrogens is 3.